The van der Waals surface area contributed by atoms with Crippen molar-refractivity contribution in [3.05, 3.63) is 11.4 Å². The van der Waals surface area contributed by atoms with E-state index < -0.39 is 12.0 Å². The van der Waals surface area contributed by atoms with Crippen LogP contribution in [0.4, 0.5) is 8.78 Å². The number of hydrogen-bond acceptors (Lipinski definition) is 4. The summed E-state index contributed by atoms with van der Waals surface area (Å²) in [5, 5.41) is 6.84. The van der Waals surface area contributed by atoms with E-state index in [0.717, 1.165) is 11.2 Å². The Hall–Kier alpha value is -1.24. The zero-order chi connectivity index (χ0) is 11.1. The van der Waals surface area contributed by atoms with Gasteiger partial charge < -0.3 is 11.6 Å². The minimum atomic E-state index is -3.13. The van der Waals surface area contributed by atoms with Gasteiger partial charge in [0.25, 0.3) is 0 Å². The summed E-state index contributed by atoms with van der Waals surface area (Å²) in [6.45, 7) is 0. The maximum atomic E-state index is 13.7. The van der Waals surface area contributed by atoms with Crippen LogP contribution < -0.4 is 11.6 Å². The summed E-state index contributed by atoms with van der Waals surface area (Å²) >= 11 is 0. The number of nitrogens with two attached hydrogens (primary N) is 2. The lowest BCUT2D eigenvalue weighted by Crippen LogP contribution is -2.40. The van der Waals surface area contributed by atoms with E-state index in [4.69, 9.17) is 11.6 Å². The second kappa shape index (κ2) is 3.41. The summed E-state index contributed by atoms with van der Waals surface area (Å²) in [5.41, 5.74) is 5.36. The number of aromatic nitrogens is 3. The fraction of sp³-hybridized carbons (Fsp3) is 0.750. The van der Waals surface area contributed by atoms with E-state index in [-0.39, 0.29) is 11.4 Å². The first-order chi connectivity index (χ1) is 7.03. The predicted molar refractivity (Wildman–Crippen MR) is 49.6 cm³/mol. The third kappa shape index (κ3) is 1.56. The molecule has 0 aliphatic heterocycles. The van der Waals surface area contributed by atoms with Gasteiger partial charge in [0, 0.05) is 0 Å². The minimum Gasteiger partial charge on any atom is -0.322 e. The van der Waals surface area contributed by atoms with Crippen molar-refractivity contribution in [3.8, 4) is 0 Å². The second-order valence-corrected chi connectivity index (χ2v) is 3.80. The summed E-state index contributed by atoms with van der Waals surface area (Å²) in [6.07, 6.45) is 2.22. The van der Waals surface area contributed by atoms with Gasteiger partial charge in [-0.15, -0.1) is 5.10 Å². The number of nitrogens with zero attached hydrogens (tertiary/aromatic N) is 3. The number of halogens is 2. The van der Waals surface area contributed by atoms with Gasteiger partial charge in [-0.1, -0.05) is 6.42 Å². The molecule has 0 amide bonds. The summed E-state index contributed by atoms with van der Waals surface area (Å²) in [4.78, 5) is 0.918. The van der Waals surface area contributed by atoms with Crippen LogP contribution in [0.1, 0.15) is 30.7 Å². The van der Waals surface area contributed by atoms with E-state index in [1.807, 2.05) is 0 Å². The molecule has 4 N–H and O–H groups in total. The monoisotopic (exact) mass is 217 g/mol. The maximum absolute atomic E-state index is 13.7. The molecule has 1 aliphatic rings. The zero-order valence-corrected chi connectivity index (χ0v) is 8.16. The Morgan fingerprint density at radius 3 is 2.87 bits per heavy atom. The molecule has 5 nitrogen and oxygen atoms in total. The molecule has 0 saturated heterocycles. The lowest BCUT2D eigenvalue weighted by molar-refractivity contribution is -0.0407. The van der Waals surface area contributed by atoms with Crippen LogP contribution in [0.5, 0.6) is 0 Å². The first-order valence-electron chi connectivity index (χ1n) is 4.87. The van der Waals surface area contributed by atoms with Crippen LogP contribution in [-0.2, 0) is 12.3 Å². The summed E-state index contributed by atoms with van der Waals surface area (Å²) < 4.78 is 27.5. The first-order valence-corrected chi connectivity index (χ1v) is 4.87. The van der Waals surface area contributed by atoms with Crippen LogP contribution in [-0.4, -0.2) is 21.1 Å². The molecule has 84 valence electrons. The largest absolute Gasteiger partial charge is 0.322 e. The first kappa shape index (κ1) is 10.3. The lowest BCUT2D eigenvalue weighted by Gasteiger charge is -2.24. The molecule has 0 bridgehead atoms. The van der Waals surface area contributed by atoms with E-state index >= 15 is 0 Å². The zero-order valence-electron chi connectivity index (χ0n) is 8.16. The van der Waals surface area contributed by atoms with E-state index in [0.29, 0.717) is 19.3 Å². The molecule has 7 heteroatoms. The molecule has 1 aromatic rings. The van der Waals surface area contributed by atoms with Gasteiger partial charge in [-0.05, 0) is 24.5 Å². The van der Waals surface area contributed by atoms with Crippen LogP contribution >= 0.6 is 0 Å². The smallest absolute Gasteiger partial charge is 0.308 e. The van der Waals surface area contributed by atoms with Crippen molar-refractivity contribution in [1.29, 1.82) is 0 Å². The maximum Gasteiger partial charge on any atom is 0.308 e. The Bertz CT molecular complexity index is 362. The van der Waals surface area contributed by atoms with Crippen LogP contribution in [0.3, 0.4) is 0 Å². The van der Waals surface area contributed by atoms with Crippen LogP contribution in [0.15, 0.2) is 0 Å². The molecule has 0 radical (unpaired) electrons. The standard InChI is InChI=1S/C8H13F2N5/c9-8(10)6(11)4-2-1-3-5-7(8)13-14-15(5)12/h6H,1-4,11-12H2. The molecule has 0 spiro atoms. The molecule has 0 saturated carbocycles. The molecular weight excluding hydrogens is 204 g/mol. The highest BCUT2D eigenvalue weighted by Crippen LogP contribution is 2.35. The van der Waals surface area contributed by atoms with Crippen LogP contribution in [0.25, 0.3) is 0 Å². The second-order valence-electron chi connectivity index (χ2n) is 3.80. The van der Waals surface area contributed by atoms with Crippen molar-refractivity contribution in [2.45, 2.75) is 37.6 Å². The van der Waals surface area contributed by atoms with Crippen LogP contribution in [0, 0.1) is 0 Å². The normalized spacial score (nSPS) is 25.4. The third-order valence-corrected chi connectivity index (χ3v) is 2.75. The van der Waals surface area contributed by atoms with E-state index in [9.17, 15) is 8.78 Å². The van der Waals surface area contributed by atoms with Crippen molar-refractivity contribution < 1.29 is 8.78 Å². The topological polar surface area (TPSA) is 82.8 Å². The highest BCUT2D eigenvalue weighted by Gasteiger charge is 2.44. The van der Waals surface area contributed by atoms with Gasteiger partial charge in [0.2, 0.25) is 0 Å². The van der Waals surface area contributed by atoms with E-state index in [1.165, 1.54) is 0 Å². The Labute approximate surface area is 85.4 Å². The molecule has 1 aromatic heterocycles. The Morgan fingerprint density at radius 1 is 1.40 bits per heavy atom. The molecule has 2 rings (SSSR count). The summed E-state index contributed by atoms with van der Waals surface area (Å²) in [5.74, 6) is 2.29. The number of hydrogen-bond donors (Lipinski definition) is 2. The number of fused-ring (bicyclic) bond motifs is 1. The number of alkyl halides is 2. The Morgan fingerprint density at radius 2 is 2.13 bits per heavy atom. The fourth-order valence-electron chi connectivity index (χ4n) is 1.82. The minimum absolute atomic E-state index is 0.287. The van der Waals surface area contributed by atoms with Gasteiger partial charge in [0.05, 0.1) is 11.7 Å². The molecule has 0 aromatic carbocycles. The number of nitrogen functional groups attached to an aromatic ring is 1. The molecule has 1 aliphatic carbocycles. The van der Waals surface area contributed by atoms with Crippen molar-refractivity contribution in [3.63, 3.8) is 0 Å². The van der Waals surface area contributed by atoms with E-state index in [2.05, 4.69) is 10.3 Å². The van der Waals surface area contributed by atoms with Crippen molar-refractivity contribution in [2.24, 2.45) is 5.73 Å². The molecule has 0 fully saturated rings. The Kier molecular flexibility index (Phi) is 2.34. The Balaban J connectivity index is 2.48. The highest BCUT2D eigenvalue weighted by atomic mass is 19.3. The van der Waals surface area contributed by atoms with Crippen molar-refractivity contribution >= 4 is 0 Å². The van der Waals surface area contributed by atoms with Gasteiger partial charge >= 0.3 is 5.92 Å². The van der Waals surface area contributed by atoms with Crippen LogP contribution in [0.2, 0.25) is 0 Å². The summed E-state index contributed by atoms with van der Waals surface area (Å²) in [7, 11) is 0. The fourth-order valence-corrected chi connectivity index (χ4v) is 1.82. The summed E-state index contributed by atoms with van der Waals surface area (Å²) in [6, 6.07) is -1.20. The van der Waals surface area contributed by atoms with Gasteiger partial charge in [-0.3, -0.25) is 0 Å². The molecule has 1 unspecified atom stereocenters. The highest BCUT2D eigenvalue weighted by molar-refractivity contribution is 5.19. The van der Waals surface area contributed by atoms with Crippen molar-refractivity contribution in [1.82, 2.24) is 15.1 Å². The predicted octanol–water partition coefficient (Wildman–Crippen LogP) is 0.137. The lowest BCUT2D eigenvalue weighted by atomic mass is 9.94. The average Bonchev–Trinajstić information content (AvgIpc) is 2.53. The van der Waals surface area contributed by atoms with Gasteiger partial charge in [0.1, 0.15) is 0 Å². The molecule has 1 heterocycles. The molecule has 1 atom stereocenters. The molecular formula is C8H13F2N5. The quantitative estimate of drug-likeness (QED) is 0.605. The van der Waals surface area contributed by atoms with Gasteiger partial charge in [0.15, 0.2) is 5.69 Å². The average molecular weight is 217 g/mol. The van der Waals surface area contributed by atoms with Gasteiger partial charge in [-0.2, -0.15) is 13.6 Å². The van der Waals surface area contributed by atoms with Gasteiger partial charge in [-0.25, -0.2) is 0 Å². The van der Waals surface area contributed by atoms with E-state index in [1.54, 1.807) is 0 Å². The van der Waals surface area contributed by atoms with Crippen molar-refractivity contribution in [2.75, 3.05) is 5.84 Å². The number of rotatable bonds is 0. The third-order valence-electron chi connectivity index (χ3n) is 2.75. The molecule has 15 heavy (non-hydrogen) atoms. The SMILES string of the molecule is NC1CCCCc2c(nnn2N)C1(F)F.